The maximum absolute atomic E-state index is 12.0. The van der Waals surface area contributed by atoms with E-state index >= 15 is 0 Å². The fraction of sp³-hybridized carbons (Fsp3) is 0.348. The number of fused-ring (bicyclic) bond motifs is 2. The molecule has 5 atom stereocenters. The van der Waals surface area contributed by atoms with Crippen LogP contribution in [0.25, 0.3) is 17.2 Å². The van der Waals surface area contributed by atoms with E-state index in [1.807, 2.05) is 36.4 Å². The Kier molecular flexibility index (Phi) is 6.40. The number of benzene rings is 1. The Morgan fingerprint density at radius 3 is 2.69 bits per heavy atom. The number of nitrogens with zero attached hydrogens (tertiary/aromatic N) is 4. The molecule has 2 saturated heterocycles. The summed E-state index contributed by atoms with van der Waals surface area (Å²) in [6, 6.07) is 9.28. The van der Waals surface area contributed by atoms with Crippen LogP contribution in [0.1, 0.15) is 25.1 Å². The van der Waals surface area contributed by atoms with E-state index in [0.717, 1.165) is 5.56 Å². The lowest BCUT2D eigenvalue weighted by Gasteiger charge is -2.19. The first-order valence-corrected chi connectivity index (χ1v) is 11.2. The minimum absolute atomic E-state index is 0.239. The molecule has 12 heteroatoms. The van der Waals surface area contributed by atoms with Crippen LogP contribution >= 0.6 is 0 Å². The third kappa shape index (κ3) is 4.71. The lowest BCUT2D eigenvalue weighted by atomic mass is 10.1. The molecule has 4 heterocycles. The number of urea groups is 1. The van der Waals surface area contributed by atoms with Gasteiger partial charge in [-0.2, -0.15) is 0 Å². The Morgan fingerprint density at radius 1 is 1.11 bits per heavy atom. The normalized spacial score (nSPS) is 25.7. The van der Waals surface area contributed by atoms with Gasteiger partial charge < -0.3 is 24.6 Å². The number of hydrogen-bond acceptors (Lipinski definition) is 8. The first-order chi connectivity index (χ1) is 17.0. The molecular weight excluding hydrogens is 456 g/mol. The summed E-state index contributed by atoms with van der Waals surface area (Å²) in [5, 5.41) is 14.7. The SMILES string of the molecule is CCNC(=O)Nc1ncnc2c1ncn2C1OC(CC(=O)O)C2O[C@H](/C=C/c3ccccc3)OC21. The van der Waals surface area contributed by atoms with Gasteiger partial charge in [0.05, 0.1) is 18.9 Å². The summed E-state index contributed by atoms with van der Waals surface area (Å²) in [5.41, 5.74) is 1.74. The molecule has 0 saturated carbocycles. The van der Waals surface area contributed by atoms with E-state index in [9.17, 15) is 14.7 Å². The van der Waals surface area contributed by atoms with Crippen molar-refractivity contribution in [3.8, 4) is 0 Å². The van der Waals surface area contributed by atoms with Gasteiger partial charge in [-0.1, -0.05) is 36.4 Å². The molecule has 2 aromatic heterocycles. The lowest BCUT2D eigenvalue weighted by Crippen LogP contribution is -2.30. The van der Waals surface area contributed by atoms with Crippen LogP contribution in [0.4, 0.5) is 10.6 Å². The van der Waals surface area contributed by atoms with Crippen molar-refractivity contribution in [1.82, 2.24) is 24.8 Å². The molecule has 4 unspecified atom stereocenters. The number of aliphatic carboxylic acids is 1. The van der Waals surface area contributed by atoms with Gasteiger partial charge in [0.15, 0.2) is 29.5 Å². The number of imidazole rings is 1. The summed E-state index contributed by atoms with van der Waals surface area (Å²) < 4.78 is 19.9. The third-order valence-corrected chi connectivity index (χ3v) is 5.69. The van der Waals surface area contributed by atoms with Crippen molar-refractivity contribution in [3.63, 3.8) is 0 Å². The first kappa shape index (κ1) is 22.9. The summed E-state index contributed by atoms with van der Waals surface area (Å²) in [5.74, 6) is -0.767. The molecule has 2 aliphatic heterocycles. The zero-order chi connectivity index (χ0) is 24.4. The molecule has 2 aliphatic rings. The number of carbonyl (C=O) groups excluding carboxylic acids is 1. The molecule has 182 valence electrons. The van der Waals surface area contributed by atoms with Crippen molar-refractivity contribution >= 4 is 35.1 Å². The molecule has 0 bridgehead atoms. The number of anilines is 1. The van der Waals surface area contributed by atoms with E-state index in [0.29, 0.717) is 17.7 Å². The highest BCUT2D eigenvalue weighted by Gasteiger charge is 2.53. The molecule has 2 amide bonds. The maximum Gasteiger partial charge on any atom is 0.320 e. The van der Waals surface area contributed by atoms with Crippen molar-refractivity contribution in [3.05, 3.63) is 54.6 Å². The maximum atomic E-state index is 12.0. The van der Waals surface area contributed by atoms with E-state index in [1.165, 1.54) is 12.7 Å². The molecule has 3 aromatic rings. The standard InChI is InChI=1S/C23H24N6O6/c1-2-24-23(32)28-20-17-21(26-11-25-20)29(12-27-17)22-19-18(14(33-22)10-15(30)31)34-16(35-19)9-8-13-6-4-3-5-7-13/h3-9,11-12,14,16,18-19,22H,2,10H2,1H3,(H,30,31)(H2,24,25,26,28,32)/b9-8+/t14?,16-,18?,19?,22?/m0/s1. The van der Waals surface area contributed by atoms with Crippen molar-refractivity contribution in [2.75, 3.05) is 11.9 Å². The predicted octanol–water partition coefficient (Wildman–Crippen LogP) is 2.16. The highest BCUT2D eigenvalue weighted by atomic mass is 16.8. The van der Waals surface area contributed by atoms with Gasteiger partial charge >= 0.3 is 12.0 Å². The molecule has 3 N–H and O–H groups in total. The summed E-state index contributed by atoms with van der Waals surface area (Å²) in [7, 11) is 0. The summed E-state index contributed by atoms with van der Waals surface area (Å²) in [6.45, 7) is 2.26. The van der Waals surface area contributed by atoms with E-state index in [-0.39, 0.29) is 12.2 Å². The third-order valence-electron chi connectivity index (χ3n) is 5.69. The van der Waals surface area contributed by atoms with Gasteiger partial charge in [0, 0.05) is 6.54 Å². The van der Waals surface area contributed by atoms with Crippen LogP contribution in [-0.4, -0.2) is 67.8 Å². The second kappa shape index (κ2) is 9.78. The average molecular weight is 480 g/mol. The van der Waals surface area contributed by atoms with Gasteiger partial charge in [0.2, 0.25) is 0 Å². The Morgan fingerprint density at radius 2 is 1.91 bits per heavy atom. The Hall–Kier alpha value is -3.87. The zero-order valence-electron chi connectivity index (χ0n) is 18.8. The van der Waals surface area contributed by atoms with Gasteiger partial charge in [0.1, 0.15) is 18.5 Å². The number of rotatable bonds is 7. The van der Waals surface area contributed by atoms with Crippen LogP contribution in [0.5, 0.6) is 0 Å². The number of ether oxygens (including phenoxy) is 3. The Bertz CT molecular complexity index is 1250. The predicted molar refractivity (Wildman–Crippen MR) is 123 cm³/mol. The number of carboxylic acid groups (broad SMARTS) is 1. The highest BCUT2D eigenvalue weighted by molar-refractivity contribution is 5.95. The topological polar surface area (TPSA) is 150 Å². The Balaban J connectivity index is 1.41. The molecule has 35 heavy (non-hydrogen) atoms. The summed E-state index contributed by atoms with van der Waals surface area (Å²) in [6.07, 6.45) is 2.88. The molecular formula is C23H24N6O6. The zero-order valence-corrected chi connectivity index (χ0v) is 18.8. The molecule has 12 nitrogen and oxygen atoms in total. The van der Waals surface area contributed by atoms with Crippen LogP contribution in [0.2, 0.25) is 0 Å². The molecule has 0 radical (unpaired) electrons. The largest absolute Gasteiger partial charge is 0.481 e. The van der Waals surface area contributed by atoms with Crippen molar-refractivity contribution in [2.45, 2.75) is 44.2 Å². The van der Waals surface area contributed by atoms with Crippen molar-refractivity contribution in [2.24, 2.45) is 0 Å². The number of carboxylic acids is 1. The van der Waals surface area contributed by atoms with E-state index in [1.54, 1.807) is 17.6 Å². The van der Waals surface area contributed by atoms with Gasteiger partial charge in [-0.05, 0) is 18.6 Å². The highest BCUT2D eigenvalue weighted by Crippen LogP contribution is 2.42. The second-order valence-electron chi connectivity index (χ2n) is 8.03. The fourth-order valence-corrected chi connectivity index (χ4v) is 4.21. The van der Waals surface area contributed by atoms with Crippen LogP contribution in [0.15, 0.2) is 49.1 Å². The molecule has 1 aromatic carbocycles. The molecule has 2 fully saturated rings. The van der Waals surface area contributed by atoms with Crippen molar-refractivity contribution < 1.29 is 28.9 Å². The van der Waals surface area contributed by atoms with Gasteiger partial charge in [-0.3, -0.25) is 14.7 Å². The Labute approximate surface area is 199 Å². The van der Waals surface area contributed by atoms with Gasteiger partial charge in [-0.15, -0.1) is 0 Å². The van der Waals surface area contributed by atoms with E-state index < -0.39 is 42.8 Å². The van der Waals surface area contributed by atoms with Crippen LogP contribution in [0, 0.1) is 0 Å². The molecule has 0 aliphatic carbocycles. The summed E-state index contributed by atoms with van der Waals surface area (Å²) >= 11 is 0. The molecule has 0 spiro atoms. The van der Waals surface area contributed by atoms with Gasteiger partial charge in [0.25, 0.3) is 0 Å². The quantitative estimate of drug-likeness (QED) is 0.462. The lowest BCUT2D eigenvalue weighted by molar-refractivity contribution is -0.149. The number of aromatic nitrogens is 4. The first-order valence-electron chi connectivity index (χ1n) is 11.2. The van der Waals surface area contributed by atoms with Crippen LogP contribution < -0.4 is 10.6 Å². The molecule has 5 rings (SSSR count). The van der Waals surface area contributed by atoms with Crippen LogP contribution in [0.3, 0.4) is 0 Å². The summed E-state index contributed by atoms with van der Waals surface area (Å²) in [4.78, 5) is 36.2. The average Bonchev–Trinajstić information content (AvgIpc) is 3.53. The monoisotopic (exact) mass is 480 g/mol. The van der Waals surface area contributed by atoms with Gasteiger partial charge in [-0.25, -0.2) is 19.7 Å². The van der Waals surface area contributed by atoms with Crippen molar-refractivity contribution in [1.29, 1.82) is 0 Å². The smallest absolute Gasteiger partial charge is 0.320 e. The second-order valence-corrected chi connectivity index (χ2v) is 8.03. The number of amides is 2. The minimum atomic E-state index is -1.01. The van der Waals surface area contributed by atoms with Crippen LogP contribution in [-0.2, 0) is 19.0 Å². The fourth-order valence-electron chi connectivity index (χ4n) is 4.21. The number of hydrogen-bond donors (Lipinski definition) is 3. The number of nitrogens with one attached hydrogen (secondary N) is 2. The number of carbonyl (C=O) groups is 2. The minimum Gasteiger partial charge on any atom is -0.481 e. The van der Waals surface area contributed by atoms with E-state index in [4.69, 9.17) is 14.2 Å². The van der Waals surface area contributed by atoms with E-state index in [2.05, 4.69) is 25.6 Å².